The standard InChI is InChI=1S/C17H30N8O9/c18-7(4-11(19)27)13(30)24-9(5-12(28)29)15(32)23-8(2-1-3-22-17(20)21)14(31)25-10(6-26)16(33)34/h7-10,26H,1-6,18H2,(H2,19,27)(H,23,32)(H,24,30)(H,25,31)(H,28,29)(H,33,34)(H4,20,21,22). The number of aliphatic imine (C=N–C) groups is 1. The summed E-state index contributed by atoms with van der Waals surface area (Å²) in [4.78, 5) is 74.1. The van der Waals surface area contributed by atoms with Gasteiger partial charge in [0.05, 0.1) is 25.5 Å². The minimum absolute atomic E-state index is 0.0433. The summed E-state index contributed by atoms with van der Waals surface area (Å²) in [7, 11) is 0. The van der Waals surface area contributed by atoms with Crippen molar-refractivity contribution in [2.45, 2.75) is 49.9 Å². The highest BCUT2D eigenvalue weighted by atomic mass is 16.4. The maximum Gasteiger partial charge on any atom is 0.328 e. The quantitative estimate of drug-likeness (QED) is 0.0549. The predicted octanol–water partition coefficient (Wildman–Crippen LogP) is -5.75. The number of hydrogen-bond acceptors (Lipinski definition) is 9. The highest BCUT2D eigenvalue weighted by Gasteiger charge is 2.31. The zero-order valence-corrected chi connectivity index (χ0v) is 18.1. The molecule has 4 atom stereocenters. The number of aliphatic hydroxyl groups is 1. The number of primary amides is 1. The number of carbonyl (C=O) groups excluding carboxylic acids is 4. The molecule has 4 amide bonds. The van der Waals surface area contributed by atoms with Gasteiger partial charge in [-0.25, -0.2) is 4.79 Å². The number of aliphatic carboxylic acids is 2. The Balaban J connectivity index is 5.55. The third kappa shape index (κ3) is 12.2. The Bertz CT molecular complexity index is 800. The van der Waals surface area contributed by atoms with Crippen LogP contribution < -0.4 is 38.9 Å². The highest BCUT2D eigenvalue weighted by Crippen LogP contribution is 2.03. The van der Waals surface area contributed by atoms with E-state index in [1.165, 1.54) is 0 Å². The lowest BCUT2D eigenvalue weighted by Gasteiger charge is -2.24. The van der Waals surface area contributed by atoms with Crippen LogP contribution in [-0.2, 0) is 28.8 Å². The smallest absolute Gasteiger partial charge is 0.328 e. The topological polar surface area (TPSA) is 316 Å². The van der Waals surface area contributed by atoms with Gasteiger partial charge < -0.3 is 54.2 Å². The second-order valence-corrected chi connectivity index (χ2v) is 7.03. The molecule has 4 unspecified atom stereocenters. The summed E-state index contributed by atoms with van der Waals surface area (Å²) in [5.74, 6) is -7.32. The molecule has 0 aliphatic rings. The first-order valence-electron chi connectivity index (χ1n) is 9.84. The van der Waals surface area contributed by atoms with E-state index in [1.54, 1.807) is 0 Å². The van der Waals surface area contributed by atoms with Crippen LogP contribution in [0, 0.1) is 0 Å². The molecule has 0 aromatic carbocycles. The zero-order valence-electron chi connectivity index (χ0n) is 18.1. The molecule has 34 heavy (non-hydrogen) atoms. The summed E-state index contributed by atoms with van der Waals surface area (Å²) in [5.41, 5.74) is 20.8. The van der Waals surface area contributed by atoms with Gasteiger partial charge in [-0.05, 0) is 12.8 Å². The van der Waals surface area contributed by atoms with E-state index in [0.29, 0.717) is 0 Å². The van der Waals surface area contributed by atoms with Crippen molar-refractivity contribution in [2.24, 2.45) is 27.9 Å². The number of hydrogen-bond donors (Lipinski definition) is 10. The molecular weight excluding hydrogens is 460 g/mol. The lowest BCUT2D eigenvalue weighted by Crippen LogP contribution is -2.58. The van der Waals surface area contributed by atoms with Gasteiger partial charge in [-0.2, -0.15) is 0 Å². The number of nitrogens with one attached hydrogen (secondary N) is 3. The van der Waals surface area contributed by atoms with Gasteiger partial charge in [0.1, 0.15) is 18.1 Å². The maximum atomic E-state index is 12.7. The SMILES string of the molecule is NC(=O)CC(N)C(=O)NC(CC(=O)O)C(=O)NC(CCCN=C(N)N)C(=O)NC(CO)C(=O)O. The first kappa shape index (κ1) is 30.0. The maximum absolute atomic E-state index is 12.7. The van der Waals surface area contributed by atoms with Crippen LogP contribution in [-0.4, -0.2) is 94.2 Å². The van der Waals surface area contributed by atoms with Crippen molar-refractivity contribution >= 4 is 41.5 Å². The van der Waals surface area contributed by atoms with E-state index >= 15 is 0 Å². The van der Waals surface area contributed by atoms with Gasteiger partial charge in [0, 0.05) is 6.54 Å². The Morgan fingerprint density at radius 1 is 0.794 bits per heavy atom. The van der Waals surface area contributed by atoms with Crippen LogP contribution in [0.5, 0.6) is 0 Å². The number of rotatable bonds is 16. The van der Waals surface area contributed by atoms with Crippen LogP contribution in [0.3, 0.4) is 0 Å². The summed E-state index contributed by atoms with van der Waals surface area (Å²) in [6.07, 6.45) is -1.47. The number of nitrogens with two attached hydrogens (primary N) is 4. The van der Waals surface area contributed by atoms with Gasteiger partial charge in [0.2, 0.25) is 23.6 Å². The summed E-state index contributed by atoms with van der Waals surface area (Å²) < 4.78 is 0. The van der Waals surface area contributed by atoms with Gasteiger partial charge in [-0.15, -0.1) is 0 Å². The largest absolute Gasteiger partial charge is 0.481 e. The molecule has 17 heteroatoms. The number of aliphatic hydroxyl groups excluding tert-OH is 1. The molecule has 14 N–H and O–H groups in total. The fourth-order valence-corrected chi connectivity index (χ4v) is 2.47. The molecule has 0 heterocycles. The van der Waals surface area contributed by atoms with E-state index in [4.69, 9.17) is 38.3 Å². The monoisotopic (exact) mass is 490 g/mol. The molecule has 0 aromatic rings. The number of amides is 4. The Labute approximate surface area is 193 Å². The van der Waals surface area contributed by atoms with E-state index in [9.17, 15) is 28.8 Å². The minimum atomic E-state index is -1.70. The van der Waals surface area contributed by atoms with Crippen molar-refractivity contribution in [3.63, 3.8) is 0 Å². The molecule has 0 saturated carbocycles. The van der Waals surface area contributed by atoms with Crippen LogP contribution in [0.4, 0.5) is 0 Å². The van der Waals surface area contributed by atoms with Crippen molar-refractivity contribution in [1.29, 1.82) is 0 Å². The molecule has 0 aliphatic carbocycles. The van der Waals surface area contributed by atoms with Crippen molar-refractivity contribution < 1.29 is 44.1 Å². The van der Waals surface area contributed by atoms with Gasteiger partial charge in [-0.3, -0.25) is 29.0 Å². The zero-order chi connectivity index (χ0) is 26.4. The fraction of sp³-hybridized carbons (Fsp3) is 0.588. The second-order valence-electron chi connectivity index (χ2n) is 7.03. The van der Waals surface area contributed by atoms with Crippen LogP contribution in [0.15, 0.2) is 4.99 Å². The summed E-state index contributed by atoms with van der Waals surface area (Å²) in [6, 6.07) is -6.25. The molecule has 0 aromatic heterocycles. The Kier molecular flexibility index (Phi) is 13.2. The Morgan fingerprint density at radius 2 is 1.32 bits per heavy atom. The number of guanidine groups is 1. The first-order valence-corrected chi connectivity index (χ1v) is 9.84. The lowest BCUT2D eigenvalue weighted by molar-refractivity contribution is -0.144. The van der Waals surface area contributed by atoms with Gasteiger partial charge in [-0.1, -0.05) is 0 Å². The third-order valence-electron chi connectivity index (χ3n) is 4.15. The van der Waals surface area contributed by atoms with E-state index in [0.717, 1.165) is 0 Å². The van der Waals surface area contributed by atoms with Crippen LogP contribution in [0.1, 0.15) is 25.7 Å². The lowest BCUT2D eigenvalue weighted by atomic mass is 10.1. The number of carboxylic acid groups (broad SMARTS) is 2. The molecule has 0 radical (unpaired) electrons. The van der Waals surface area contributed by atoms with Crippen LogP contribution in [0.2, 0.25) is 0 Å². The van der Waals surface area contributed by atoms with Crippen molar-refractivity contribution in [1.82, 2.24) is 16.0 Å². The molecule has 192 valence electrons. The molecule has 0 aliphatic heterocycles. The minimum Gasteiger partial charge on any atom is -0.481 e. The number of carbonyl (C=O) groups is 6. The number of nitrogens with zero attached hydrogens (tertiary/aromatic N) is 1. The Hall–Kier alpha value is -3.99. The van der Waals surface area contributed by atoms with Gasteiger partial charge in [0.25, 0.3) is 0 Å². The molecular formula is C17H30N8O9. The Morgan fingerprint density at radius 3 is 1.79 bits per heavy atom. The fourth-order valence-electron chi connectivity index (χ4n) is 2.47. The highest BCUT2D eigenvalue weighted by molar-refractivity contribution is 5.96. The predicted molar refractivity (Wildman–Crippen MR) is 114 cm³/mol. The van der Waals surface area contributed by atoms with E-state index in [1.807, 2.05) is 5.32 Å². The van der Waals surface area contributed by atoms with Crippen molar-refractivity contribution in [3.8, 4) is 0 Å². The van der Waals surface area contributed by atoms with Crippen molar-refractivity contribution in [2.75, 3.05) is 13.2 Å². The molecule has 0 fully saturated rings. The van der Waals surface area contributed by atoms with Gasteiger partial charge >= 0.3 is 11.9 Å². The molecule has 17 nitrogen and oxygen atoms in total. The van der Waals surface area contributed by atoms with Crippen LogP contribution >= 0.6 is 0 Å². The average molecular weight is 490 g/mol. The second kappa shape index (κ2) is 15.0. The van der Waals surface area contributed by atoms with E-state index in [-0.39, 0.29) is 25.3 Å². The summed E-state index contributed by atoms with van der Waals surface area (Å²) in [6.45, 7) is -0.896. The first-order chi connectivity index (χ1) is 15.8. The van der Waals surface area contributed by atoms with Crippen molar-refractivity contribution in [3.05, 3.63) is 0 Å². The number of carboxylic acids is 2. The molecule has 0 rings (SSSR count). The molecule has 0 spiro atoms. The molecule has 0 bridgehead atoms. The van der Waals surface area contributed by atoms with E-state index < -0.39 is 79.2 Å². The molecule has 0 saturated heterocycles. The van der Waals surface area contributed by atoms with Crippen LogP contribution in [0.25, 0.3) is 0 Å². The normalized spacial score (nSPS) is 13.9. The summed E-state index contributed by atoms with van der Waals surface area (Å²) in [5, 5.41) is 33.5. The van der Waals surface area contributed by atoms with E-state index in [2.05, 4.69) is 15.6 Å². The third-order valence-corrected chi connectivity index (χ3v) is 4.15. The average Bonchev–Trinajstić information content (AvgIpc) is 2.71. The summed E-state index contributed by atoms with van der Waals surface area (Å²) >= 11 is 0. The van der Waals surface area contributed by atoms with Gasteiger partial charge in [0.15, 0.2) is 5.96 Å².